The van der Waals surface area contributed by atoms with Crippen LogP contribution in [0.25, 0.3) is 0 Å². The highest BCUT2D eigenvalue weighted by Gasteiger charge is 2.36. The molecule has 0 aliphatic carbocycles. The Morgan fingerprint density at radius 3 is 3.00 bits per heavy atom. The van der Waals surface area contributed by atoms with E-state index in [2.05, 4.69) is 15.9 Å². The summed E-state index contributed by atoms with van der Waals surface area (Å²) in [7, 11) is 1.58. The Balaban J connectivity index is 2.07. The fraction of sp³-hybridized carbons (Fsp3) is 0.500. The number of ether oxygens (including phenoxy) is 3. The van der Waals surface area contributed by atoms with E-state index in [1.54, 1.807) is 13.2 Å². The smallest absolute Gasteiger partial charge is 0.170 e. The van der Waals surface area contributed by atoms with E-state index in [-0.39, 0.29) is 12.6 Å². The zero-order valence-corrected chi connectivity index (χ0v) is 12.7. The second-order valence-corrected chi connectivity index (χ2v) is 5.77. The van der Waals surface area contributed by atoms with E-state index in [9.17, 15) is 4.79 Å². The van der Waals surface area contributed by atoms with Gasteiger partial charge in [-0.05, 0) is 25.1 Å². The van der Waals surface area contributed by atoms with Gasteiger partial charge >= 0.3 is 0 Å². The van der Waals surface area contributed by atoms with Gasteiger partial charge in [0.05, 0.1) is 18.6 Å². The largest absolute Gasteiger partial charge is 0.486 e. The number of rotatable bonds is 5. The summed E-state index contributed by atoms with van der Waals surface area (Å²) < 4.78 is 16.9. The van der Waals surface area contributed by atoms with Crippen LogP contribution in [0.15, 0.2) is 22.7 Å². The molecule has 1 aliphatic rings. The molecule has 1 unspecified atom stereocenters. The standard InChI is InChI=1S/C14H17BrO4/c1-14(5-6-18-9-17-2)8-12(16)11-7-10(15)3-4-13(11)19-14/h3-4,7H,5-6,8-9H2,1-2H3. The van der Waals surface area contributed by atoms with Gasteiger partial charge in [0.2, 0.25) is 0 Å². The highest BCUT2D eigenvalue weighted by molar-refractivity contribution is 9.10. The molecule has 0 bridgehead atoms. The number of hydrogen-bond donors (Lipinski definition) is 0. The lowest BCUT2D eigenvalue weighted by Gasteiger charge is -2.35. The number of carbonyl (C=O) groups is 1. The number of ketones is 1. The van der Waals surface area contributed by atoms with Crippen molar-refractivity contribution < 1.29 is 19.0 Å². The van der Waals surface area contributed by atoms with E-state index < -0.39 is 5.60 Å². The molecule has 0 saturated carbocycles. The summed E-state index contributed by atoms with van der Waals surface area (Å²) in [4.78, 5) is 12.2. The van der Waals surface area contributed by atoms with Gasteiger partial charge in [-0.3, -0.25) is 4.79 Å². The highest BCUT2D eigenvalue weighted by Crippen LogP contribution is 2.36. The van der Waals surface area contributed by atoms with Gasteiger partial charge in [0.15, 0.2) is 5.78 Å². The van der Waals surface area contributed by atoms with Crippen LogP contribution in [0.2, 0.25) is 0 Å². The van der Waals surface area contributed by atoms with E-state index in [0.29, 0.717) is 30.8 Å². The maximum atomic E-state index is 12.2. The first-order valence-corrected chi connectivity index (χ1v) is 6.92. The minimum Gasteiger partial charge on any atom is -0.486 e. The molecule has 0 spiro atoms. The van der Waals surface area contributed by atoms with Crippen LogP contribution < -0.4 is 4.74 Å². The van der Waals surface area contributed by atoms with Crippen molar-refractivity contribution in [2.45, 2.75) is 25.4 Å². The quantitative estimate of drug-likeness (QED) is 0.615. The molecule has 0 fully saturated rings. The Morgan fingerprint density at radius 2 is 2.26 bits per heavy atom. The van der Waals surface area contributed by atoms with Gasteiger partial charge in [0, 0.05) is 18.0 Å². The van der Waals surface area contributed by atoms with Crippen molar-refractivity contribution in [3.8, 4) is 5.75 Å². The molecule has 19 heavy (non-hydrogen) atoms. The average molecular weight is 329 g/mol. The third kappa shape index (κ3) is 3.55. The minimum absolute atomic E-state index is 0.108. The van der Waals surface area contributed by atoms with Crippen LogP contribution in [-0.4, -0.2) is 31.9 Å². The predicted octanol–water partition coefficient (Wildman–Crippen LogP) is 3.18. The van der Waals surface area contributed by atoms with Gasteiger partial charge in [-0.25, -0.2) is 0 Å². The second-order valence-electron chi connectivity index (χ2n) is 4.86. The van der Waals surface area contributed by atoms with Gasteiger partial charge in [0.1, 0.15) is 18.1 Å². The molecule has 0 amide bonds. The summed E-state index contributed by atoms with van der Waals surface area (Å²) in [6.07, 6.45) is 1.02. The second kappa shape index (κ2) is 6.03. The summed E-state index contributed by atoms with van der Waals surface area (Å²) in [6, 6.07) is 5.50. The fourth-order valence-electron chi connectivity index (χ4n) is 2.12. The van der Waals surface area contributed by atoms with E-state index >= 15 is 0 Å². The topological polar surface area (TPSA) is 44.8 Å². The SMILES string of the molecule is COCOCCC1(C)CC(=O)c2cc(Br)ccc2O1. The molecule has 104 valence electrons. The molecule has 1 aromatic rings. The van der Waals surface area contributed by atoms with Crippen LogP contribution in [0.3, 0.4) is 0 Å². The Hall–Kier alpha value is -0.910. The van der Waals surface area contributed by atoms with E-state index in [0.717, 1.165) is 4.47 Å². The summed E-state index contributed by atoms with van der Waals surface area (Å²) >= 11 is 3.36. The highest BCUT2D eigenvalue weighted by atomic mass is 79.9. The predicted molar refractivity (Wildman–Crippen MR) is 74.6 cm³/mol. The number of Topliss-reactive ketones (excluding diaryl/α,β-unsaturated/α-hetero) is 1. The van der Waals surface area contributed by atoms with E-state index in [1.165, 1.54) is 0 Å². The molecule has 2 rings (SSSR count). The van der Waals surface area contributed by atoms with Crippen LogP contribution in [-0.2, 0) is 9.47 Å². The molecule has 0 radical (unpaired) electrons. The lowest BCUT2D eigenvalue weighted by molar-refractivity contribution is -0.0503. The number of methoxy groups -OCH3 is 1. The van der Waals surface area contributed by atoms with Crippen molar-refractivity contribution in [2.75, 3.05) is 20.5 Å². The number of hydrogen-bond acceptors (Lipinski definition) is 4. The maximum Gasteiger partial charge on any atom is 0.170 e. The van der Waals surface area contributed by atoms with Crippen molar-refractivity contribution in [3.63, 3.8) is 0 Å². The molecular formula is C14H17BrO4. The van der Waals surface area contributed by atoms with Gasteiger partial charge in [-0.15, -0.1) is 0 Å². The van der Waals surface area contributed by atoms with E-state index in [4.69, 9.17) is 14.2 Å². The first kappa shape index (κ1) is 14.5. The fourth-order valence-corrected chi connectivity index (χ4v) is 2.48. The van der Waals surface area contributed by atoms with Crippen LogP contribution in [0.5, 0.6) is 5.75 Å². The van der Waals surface area contributed by atoms with Crippen molar-refractivity contribution >= 4 is 21.7 Å². The van der Waals surface area contributed by atoms with Crippen LogP contribution in [0.1, 0.15) is 30.1 Å². The van der Waals surface area contributed by atoms with Crippen LogP contribution in [0, 0.1) is 0 Å². The molecule has 1 heterocycles. The summed E-state index contributed by atoms with van der Waals surface area (Å²) in [5.41, 5.74) is 0.135. The molecule has 4 nitrogen and oxygen atoms in total. The third-order valence-corrected chi connectivity index (χ3v) is 3.60. The number of carbonyl (C=O) groups excluding carboxylic acids is 1. The van der Waals surface area contributed by atoms with Gasteiger partial charge in [-0.1, -0.05) is 15.9 Å². The van der Waals surface area contributed by atoms with Gasteiger partial charge < -0.3 is 14.2 Å². The first-order chi connectivity index (χ1) is 9.04. The zero-order chi connectivity index (χ0) is 13.9. The van der Waals surface area contributed by atoms with Gasteiger partial charge in [-0.2, -0.15) is 0 Å². The van der Waals surface area contributed by atoms with E-state index in [1.807, 2.05) is 19.1 Å². The maximum absolute atomic E-state index is 12.2. The normalized spacial score (nSPS) is 21.9. The van der Waals surface area contributed by atoms with Crippen LogP contribution in [0.4, 0.5) is 0 Å². The summed E-state index contributed by atoms with van der Waals surface area (Å²) in [5, 5.41) is 0. The number of fused-ring (bicyclic) bond motifs is 1. The lowest BCUT2D eigenvalue weighted by Crippen LogP contribution is -2.40. The Bertz CT molecular complexity index is 475. The molecule has 1 atom stereocenters. The van der Waals surface area contributed by atoms with Crippen molar-refractivity contribution in [2.24, 2.45) is 0 Å². The third-order valence-electron chi connectivity index (χ3n) is 3.11. The lowest BCUT2D eigenvalue weighted by atomic mass is 9.89. The summed E-state index contributed by atoms with van der Waals surface area (Å²) in [6.45, 7) is 2.70. The zero-order valence-electron chi connectivity index (χ0n) is 11.1. The molecule has 1 aliphatic heterocycles. The Labute approximate surface area is 121 Å². The minimum atomic E-state index is -0.508. The average Bonchev–Trinajstić information content (AvgIpc) is 2.36. The molecule has 0 N–H and O–H groups in total. The molecule has 1 aromatic carbocycles. The van der Waals surface area contributed by atoms with Crippen molar-refractivity contribution in [3.05, 3.63) is 28.2 Å². The van der Waals surface area contributed by atoms with Gasteiger partial charge in [0.25, 0.3) is 0 Å². The first-order valence-electron chi connectivity index (χ1n) is 6.12. The molecule has 5 heteroatoms. The molecule has 0 saturated heterocycles. The summed E-state index contributed by atoms with van der Waals surface area (Å²) in [5.74, 6) is 0.755. The molecular weight excluding hydrogens is 312 g/mol. The molecule has 0 aromatic heterocycles. The van der Waals surface area contributed by atoms with Crippen LogP contribution >= 0.6 is 15.9 Å². The Morgan fingerprint density at radius 1 is 1.47 bits per heavy atom. The Kier molecular flexibility index (Phi) is 4.60. The number of halogens is 1. The van der Waals surface area contributed by atoms with Crippen molar-refractivity contribution in [1.82, 2.24) is 0 Å². The monoisotopic (exact) mass is 328 g/mol. The number of benzene rings is 1. The van der Waals surface area contributed by atoms with Crippen molar-refractivity contribution in [1.29, 1.82) is 0 Å².